The van der Waals surface area contributed by atoms with Gasteiger partial charge in [0.1, 0.15) is 0 Å². The van der Waals surface area contributed by atoms with Crippen molar-refractivity contribution in [3.8, 4) is 0 Å². The Hall–Kier alpha value is -0.430. The van der Waals surface area contributed by atoms with E-state index < -0.39 is 10.1 Å². The van der Waals surface area contributed by atoms with E-state index >= 15 is 0 Å². The second-order valence-electron chi connectivity index (χ2n) is 14.2. The van der Waals surface area contributed by atoms with Crippen molar-refractivity contribution >= 4 is 10.1 Å². The molecular weight excluding hydrogens is 496 g/mol. The predicted octanol–water partition coefficient (Wildman–Crippen LogP) is 7.41. The zero-order valence-corrected chi connectivity index (χ0v) is 26.0. The van der Waals surface area contributed by atoms with Gasteiger partial charge in [-0.05, 0) is 97.7 Å². The number of ether oxygens (including phenoxy) is 2. The van der Waals surface area contributed by atoms with E-state index in [1.807, 2.05) is 0 Å². The molecule has 0 N–H and O–H groups in total. The van der Waals surface area contributed by atoms with Crippen molar-refractivity contribution in [2.24, 2.45) is 46.3 Å². The first kappa shape index (κ1) is 30.5. The summed E-state index contributed by atoms with van der Waals surface area (Å²) >= 11 is 0. The minimum absolute atomic E-state index is 0.0634. The minimum Gasteiger partial charge on any atom is -0.377 e. The van der Waals surface area contributed by atoms with Gasteiger partial charge in [-0.15, -0.1) is 0 Å². The minimum atomic E-state index is -3.40. The van der Waals surface area contributed by atoms with E-state index in [1.165, 1.54) is 57.8 Å². The molecule has 0 bridgehead atoms. The fraction of sp³-hybridized carbons (Fsp3) is 0.938. The van der Waals surface area contributed by atoms with Crippen molar-refractivity contribution in [1.82, 2.24) is 0 Å². The number of rotatable bonds is 13. The Balaban J connectivity index is 1.28. The van der Waals surface area contributed by atoms with E-state index in [-0.39, 0.29) is 19.3 Å². The highest BCUT2D eigenvalue weighted by molar-refractivity contribution is 7.85. The van der Waals surface area contributed by atoms with Gasteiger partial charge in [-0.25, -0.2) is 0 Å². The molecule has 5 nitrogen and oxygen atoms in total. The highest BCUT2D eigenvalue weighted by Gasteiger charge is 2.59. The zero-order valence-electron chi connectivity index (χ0n) is 25.2. The Labute approximate surface area is 234 Å². The molecule has 3 saturated carbocycles. The van der Waals surface area contributed by atoms with Crippen molar-refractivity contribution in [2.45, 2.75) is 111 Å². The monoisotopic (exact) mass is 552 g/mol. The van der Waals surface area contributed by atoms with Crippen LogP contribution in [0, 0.1) is 46.3 Å². The SMILES string of the molecule is CC(C)CCCC(C)C1CCC2C3CC=C4C[C@@H](OCCOCCOS(C)(=O)=O)CC[C@]4(C)C3CC[C@]12C. The maximum absolute atomic E-state index is 11.0. The third-order valence-corrected chi connectivity index (χ3v) is 12.0. The van der Waals surface area contributed by atoms with Crippen LogP contribution in [0.15, 0.2) is 11.6 Å². The summed E-state index contributed by atoms with van der Waals surface area (Å²) < 4.78 is 38.4. The van der Waals surface area contributed by atoms with Gasteiger partial charge < -0.3 is 9.47 Å². The van der Waals surface area contributed by atoms with Crippen molar-refractivity contribution in [1.29, 1.82) is 0 Å². The molecule has 8 atom stereocenters. The van der Waals surface area contributed by atoms with Gasteiger partial charge in [0.15, 0.2) is 0 Å². The van der Waals surface area contributed by atoms with E-state index in [2.05, 4.69) is 40.7 Å². The molecule has 0 aliphatic heterocycles. The molecule has 0 heterocycles. The van der Waals surface area contributed by atoms with Gasteiger partial charge in [0.05, 0.1) is 38.8 Å². The molecule has 4 aliphatic carbocycles. The van der Waals surface area contributed by atoms with Gasteiger partial charge in [0.2, 0.25) is 0 Å². The smallest absolute Gasteiger partial charge is 0.264 e. The van der Waals surface area contributed by atoms with Crippen molar-refractivity contribution in [3.05, 3.63) is 11.6 Å². The maximum Gasteiger partial charge on any atom is 0.264 e. The summed E-state index contributed by atoms with van der Waals surface area (Å²) in [4.78, 5) is 0. The quantitative estimate of drug-likeness (QED) is 0.135. The molecule has 0 aromatic heterocycles. The predicted molar refractivity (Wildman–Crippen MR) is 154 cm³/mol. The molecule has 0 spiro atoms. The molecule has 0 saturated heterocycles. The molecule has 0 aromatic carbocycles. The highest BCUT2D eigenvalue weighted by Crippen LogP contribution is 2.67. The van der Waals surface area contributed by atoms with Crippen molar-refractivity contribution in [2.75, 3.05) is 32.7 Å². The van der Waals surface area contributed by atoms with E-state index in [4.69, 9.17) is 13.7 Å². The van der Waals surface area contributed by atoms with Crippen LogP contribution >= 0.6 is 0 Å². The van der Waals surface area contributed by atoms with E-state index in [0.29, 0.717) is 24.0 Å². The summed E-state index contributed by atoms with van der Waals surface area (Å²) in [6, 6.07) is 0. The summed E-state index contributed by atoms with van der Waals surface area (Å²) in [5, 5.41) is 0. The Bertz CT molecular complexity index is 913. The van der Waals surface area contributed by atoms with Crippen LogP contribution in [-0.2, 0) is 23.8 Å². The highest BCUT2D eigenvalue weighted by atomic mass is 32.2. The van der Waals surface area contributed by atoms with Gasteiger partial charge in [0, 0.05) is 0 Å². The molecule has 38 heavy (non-hydrogen) atoms. The van der Waals surface area contributed by atoms with Gasteiger partial charge in [-0.2, -0.15) is 8.42 Å². The number of fused-ring (bicyclic) bond motifs is 5. The Kier molecular flexibility index (Phi) is 10.1. The topological polar surface area (TPSA) is 61.8 Å². The third-order valence-electron chi connectivity index (χ3n) is 11.4. The van der Waals surface area contributed by atoms with Gasteiger partial charge in [-0.1, -0.05) is 65.5 Å². The number of allylic oxidation sites excluding steroid dienone is 1. The Morgan fingerprint density at radius 3 is 2.45 bits per heavy atom. The van der Waals surface area contributed by atoms with E-state index in [0.717, 1.165) is 54.6 Å². The number of hydrogen-bond donors (Lipinski definition) is 0. The van der Waals surface area contributed by atoms with Crippen LogP contribution in [0.5, 0.6) is 0 Å². The zero-order chi connectivity index (χ0) is 27.6. The van der Waals surface area contributed by atoms with Crippen LogP contribution in [0.4, 0.5) is 0 Å². The standard InChI is InChI=1S/C32H56O5S/c1-23(2)8-7-9-24(3)28-12-13-29-27-11-10-25-22-26(36-20-18-35-19-21-37-38(6,33)34)14-16-31(25,4)30(27)15-17-32(28,29)5/h10,23-24,26-30H,7-9,11-22H2,1-6H3/t24?,26-,27?,28?,29?,30?,31-,32+/m0/s1. The second-order valence-corrected chi connectivity index (χ2v) is 15.8. The Morgan fingerprint density at radius 1 is 0.947 bits per heavy atom. The molecule has 0 amide bonds. The van der Waals surface area contributed by atoms with Gasteiger partial charge >= 0.3 is 0 Å². The molecule has 0 aromatic rings. The van der Waals surface area contributed by atoms with Crippen molar-refractivity contribution in [3.63, 3.8) is 0 Å². The van der Waals surface area contributed by atoms with Crippen LogP contribution < -0.4 is 0 Å². The molecule has 4 aliphatic rings. The lowest BCUT2D eigenvalue weighted by Crippen LogP contribution is -2.51. The van der Waals surface area contributed by atoms with E-state index in [1.54, 1.807) is 5.57 Å². The molecule has 220 valence electrons. The van der Waals surface area contributed by atoms with Gasteiger partial charge in [-0.3, -0.25) is 4.18 Å². The molecule has 0 radical (unpaired) electrons. The lowest BCUT2D eigenvalue weighted by Gasteiger charge is -2.58. The number of hydrogen-bond acceptors (Lipinski definition) is 5. The normalized spacial score (nSPS) is 37.9. The molecule has 5 unspecified atom stereocenters. The molecule has 3 fully saturated rings. The third kappa shape index (κ3) is 6.89. The van der Waals surface area contributed by atoms with Crippen LogP contribution in [0.25, 0.3) is 0 Å². The van der Waals surface area contributed by atoms with Crippen molar-refractivity contribution < 1.29 is 22.1 Å². The van der Waals surface area contributed by atoms with Crippen LogP contribution in [-0.4, -0.2) is 47.2 Å². The lowest BCUT2D eigenvalue weighted by atomic mass is 9.47. The first-order chi connectivity index (χ1) is 17.9. The fourth-order valence-corrected chi connectivity index (χ4v) is 9.79. The summed E-state index contributed by atoms with van der Waals surface area (Å²) in [7, 11) is -3.40. The first-order valence-corrected chi connectivity index (χ1v) is 17.5. The largest absolute Gasteiger partial charge is 0.377 e. The van der Waals surface area contributed by atoms with Gasteiger partial charge in [0.25, 0.3) is 10.1 Å². The summed E-state index contributed by atoms with van der Waals surface area (Å²) in [6.07, 6.45) is 18.6. The van der Waals surface area contributed by atoms with E-state index in [9.17, 15) is 8.42 Å². The average Bonchev–Trinajstić information content (AvgIpc) is 3.20. The molecule has 6 heteroatoms. The summed E-state index contributed by atoms with van der Waals surface area (Å²) in [5.41, 5.74) is 2.56. The first-order valence-electron chi connectivity index (χ1n) is 15.7. The maximum atomic E-state index is 11.0. The van der Waals surface area contributed by atoms with Crippen LogP contribution in [0.2, 0.25) is 0 Å². The van der Waals surface area contributed by atoms with Crippen LogP contribution in [0.3, 0.4) is 0 Å². The lowest BCUT2D eigenvalue weighted by molar-refractivity contribution is -0.0681. The fourth-order valence-electron chi connectivity index (χ4n) is 9.41. The summed E-state index contributed by atoms with van der Waals surface area (Å²) in [6.45, 7) is 13.9. The van der Waals surface area contributed by atoms with Crippen LogP contribution in [0.1, 0.15) is 105 Å². The Morgan fingerprint density at radius 2 is 1.71 bits per heavy atom. The second kappa shape index (κ2) is 12.6. The average molecular weight is 553 g/mol. The molecular formula is C32H56O5S. The summed E-state index contributed by atoms with van der Waals surface area (Å²) in [5.74, 6) is 5.24. The molecule has 4 rings (SSSR count).